The van der Waals surface area contributed by atoms with Crippen LogP contribution < -0.4 is 5.32 Å². The highest BCUT2D eigenvalue weighted by Gasteiger charge is 2.53. The number of nitrogens with one attached hydrogen (secondary N) is 1. The Kier molecular flexibility index (Phi) is 50.7. The summed E-state index contributed by atoms with van der Waals surface area (Å²) in [5.74, 6) is -0.282. The van der Waals surface area contributed by atoms with Gasteiger partial charge in [-0.25, -0.2) is 0 Å². The normalized spacial score (nSPS) is 27.9. The standard InChI is InChI=1S/C76H129NO18/c1-3-5-7-9-11-13-15-17-18-19-20-21-22-23-24-25-26-27-28-29-30-31-32-33-34-35-36-37-38-39-40-42-44-46-48-50-52-54-64(82)77-59(60(81)53-51-49-47-45-43-41-16-14-12-10-8-6-4-2)58-90-74-70(88)67(85)72(62(56-79)92-74)95-76-71(89)68(86)73(63(57-80)93-76)94-75-69(87)66(84)65(83)61(55-78)91-75/h5,7,11,13,17-18,20-21,23-24,26-27,29-30,32-33,51,53,59-63,65-76,78-81,83-89H,3-4,6,8-10,12,14-16,19,22,25,28,31,34-50,52,54-58H2,1-2H3,(H,77,82)/b7-5-,13-11-,18-17-,21-20-,24-23-,27-26-,30-29-,33-32-,53-51+. The molecule has 546 valence electrons. The van der Waals surface area contributed by atoms with E-state index in [9.17, 15) is 61.0 Å². The SMILES string of the molecule is CC/C=C\C/C=C\C/C=C\C/C=C\C/C=C\C/C=C\C/C=C\C/C=C\CCCCCCCCCCCCCCC(=O)NC(COC1OC(CO)C(OC2OC(CO)C(OC3OC(CO)C(O)C(O)C3O)C(O)C2O)C(O)C1O)C(O)/C=C/CCCCCCCCCCCCC. The van der Waals surface area contributed by atoms with Gasteiger partial charge in [0.1, 0.15) is 73.2 Å². The van der Waals surface area contributed by atoms with E-state index in [1.165, 1.54) is 96.3 Å². The molecule has 0 radical (unpaired) electrons. The molecule has 0 aromatic heterocycles. The highest BCUT2D eigenvalue weighted by atomic mass is 16.8. The van der Waals surface area contributed by atoms with Gasteiger partial charge in [0.2, 0.25) is 5.91 Å². The van der Waals surface area contributed by atoms with Gasteiger partial charge in [-0.1, -0.05) is 252 Å². The van der Waals surface area contributed by atoms with E-state index in [1.54, 1.807) is 6.08 Å². The highest BCUT2D eigenvalue weighted by Crippen LogP contribution is 2.33. The second-order valence-electron chi connectivity index (χ2n) is 25.7. The fourth-order valence-electron chi connectivity index (χ4n) is 11.7. The Morgan fingerprint density at radius 1 is 0.389 bits per heavy atom. The third kappa shape index (κ3) is 37.5. The fraction of sp³-hybridized carbons (Fsp3) is 0.750. The molecule has 95 heavy (non-hydrogen) atoms. The van der Waals surface area contributed by atoms with E-state index in [0.29, 0.717) is 6.42 Å². The maximum absolute atomic E-state index is 13.4. The third-order valence-electron chi connectivity index (χ3n) is 17.6. The van der Waals surface area contributed by atoms with Crippen molar-refractivity contribution in [1.29, 1.82) is 0 Å². The predicted octanol–water partition coefficient (Wildman–Crippen LogP) is 10.6. The van der Waals surface area contributed by atoms with Crippen LogP contribution in [0.3, 0.4) is 0 Å². The average molecular weight is 1340 g/mol. The molecule has 3 aliphatic rings. The van der Waals surface area contributed by atoms with E-state index in [2.05, 4.69) is 116 Å². The summed E-state index contributed by atoms with van der Waals surface area (Å²) in [5, 5.41) is 120. The molecule has 0 aromatic rings. The summed E-state index contributed by atoms with van der Waals surface area (Å²) in [5.41, 5.74) is 0. The van der Waals surface area contributed by atoms with Crippen LogP contribution in [0.2, 0.25) is 0 Å². The topological polar surface area (TPSA) is 307 Å². The molecule has 19 nitrogen and oxygen atoms in total. The van der Waals surface area contributed by atoms with Crippen LogP contribution in [0.1, 0.15) is 232 Å². The molecule has 0 aliphatic carbocycles. The van der Waals surface area contributed by atoms with Gasteiger partial charge in [-0.05, 0) is 83.5 Å². The molecule has 1 amide bonds. The first-order valence-corrected chi connectivity index (χ1v) is 36.6. The van der Waals surface area contributed by atoms with Gasteiger partial charge in [-0.15, -0.1) is 0 Å². The largest absolute Gasteiger partial charge is 0.394 e. The average Bonchev–Trinajstić information content (AvgIpc) is 0.791. The monoisotopic (exact) mass is 1340 g/mol. The van der Waals surface area contributed by atoms with Crippen molar-refractivity contribution < 1.29 is 89.4 Å². The van der Waals surface area contributed by atoms with Gasteiger partial charge in [0, 0.05) is 6.42 Å². The molecule has 12 N–H and O–H groups in total. The van der Waals surface area contributed by atoms with Crippen LogP contribution in [0, 0.1) is 0 Å². The Hall–Kier alpha value is -3.55. The summed E-state index contributed by atoms with van der Waals surface area (Å²) >= 11 is 0. The van der Waals surface area contributed by atoms with E-state index in [-0.39, 0.29) is 18.9 Å². The van der Waals surface area contributed by atoms with Crippen LogP contribution in [0.25, 0.3) is 0 Å². The van der Waals surface area contributed by atoms with E-state index >= 15 is 0 Å². The number of hydrogen-bond acceptors (Lipinski definition) is 18. The zero-order chi connectivity index (χ0) is 68.9. The van der Waals surface area contributed by atoms with Gasteiger partial charge >= 0.3 is 0 Å². The maximum Gasteiger partial charge on any atom is 0.220 e. The van der Waals surface area contributed by atoms with E-state index in [1.807, 2.05) is 6.08 Å². The summed E-state index contributed by atoms with van der Waals surface area (Å²) < 4.78 is 34.3. The molecule has 0 spiro atoms. The molecule has 3 aliphatic heterocycles. The second-order valence-corrected chi connectivity index (χ2v) is 25.7. The van der Waals surface area contributed by atoms with Crippen molar-refractivity contribution in [2.75, 3.05) is 26.4 Å². The Balaban J connectivity index is 1.34. The van der Waals surface area contributed by atoms with E-state index < -0.39 is 124 Å². The van der Waals surface area contributed by atoms with Gasteiger partial charge in [0.25, 0.3) is 0 Å². The van der Waals surface area contributed by atoms with E-state index in [4.69, 9.17) is 28.4 Å². The number of carbonyl (C=O) groups is 1. The van der Waals surface area contributed by atoms with Crippen LogP contribution in [0.15, 0.2) is 109 Å². The van der Waals surface area contributed by atoms with Crippen LogP contribution in [0.5, 0.6) is 0 Å². The summed E-state index contributed by atoms with van der Waals surface area (Å²) in [6.07, 6.45) is 49.3. The van der Waals surface area contributed by atoms with Crippen LogP contribution >= 0.6 is 0 Å². The van der Waals surface area contributed by atoms with Gasteiger partial charge < -0.3 is 89.9 Å². The fourth-order valence-corrected chi connectivity index (χ4v) is 11.7. The number of amides is 1. The first-order valence-electron chi connectivity index (χ1n) is 36.6. The molecule has 3 fully saturated rings. The van der Waals surface area contributed by atoms with Crippen molar-refractivity contribution in [3.63, 3.8) is 0 Å². The number of rotatable bonds is 55. The Morgan fingerprint density at radius 2 is 0.726 bits per heavy atom. The molecule has 19 heteroatoms. The molecule has 17 atom stereocenters. The summed E-state index contributed by atoms with van der Waals surface area (Å²) in [7, 11) is 0. The van der Waals surface area contributed by atoms with Crippen LogP contribution in [-0.4, -0.2) is 193 Å². The van der Waals surface area contributed by atoms with E-state index in [0.717, 1.165) is 109 Å². The van der Waals surface area contributed by atoms with Gasteiger partial charge in [0.05, 0.1) is 38.6 Å². The minimum Gasteiger partial charge on any atom is -0.394 e. The lowest BCUT2D eigenvalue weighted by molar-refractivity contribution is -0.379. The number of unbranched alkanes of at least 4 members (excludes halogenated alkanes) is 23. The van der Waals surface area contributed by atoms with Gasteiger partial charge in [-0.2, -0.15) is 0 Å². The smallest absolute Gasteiger partial charge is 0.220 e. The summed E-state index contributed by atoms with van der Waals surface area (Å²) in [4.78, 5) is 13.4. The number of carbonyl (C=O) groups excluding carboxylic acids is 1. The van der Waals surface area contributed by atoms with Crippen molar-refractivity contribution in [2.24, 2.45) is 0 Å². The molecular weight excluding hydrogens is 1210 g/mol. The Labute approximate surface area is 570 Å². The summed E-state index contributed by atoms with van der Waals surface area (Å²) in [6.45, 7) is 1.60. The number of aliphatic hydroxyl groups is 11. The highest BCUT2D eigenvalue weighted by molar-refractivity contribution is 5.76. The number of ether oxygens (including phenoxy) is 6. The molecule has 0 aromatic carbocycles. The molecule has 0 saturated carbocycles. The molecule has 3 rings (SSSR count). The number of aliphatic hydroxyl groups excluding tert-OH is 11. The van der Waals surface area contributed by atoms with Crippen molar-refractivity contribution in [3.8, 4) is 0 Å². The lowest BCUT2D eigenvalue weighted by Crippen LogP contribution is -2.66. The molecule has 3 heterocycles. The molecule has 3 saturated heterocycles. The first kappa shape index (κ1) is 85.7. The predicted molar refractivity (Wildman–Crippen MR) is 374 cm³/mol. The third-order valence-corrected chi connectivity index (χ3v) is 17.6. The van der Waals surface area contributed by atoms with Gasteiger partial charge in [0.15, 0.2) is 18.9 Å². The zero-order valence-corrected chi connectivity index (χ0v) is 57.9. The van der Waals surface area contributed by atoms with Crippen molar-refractivity contribution in [3.05, 3.63) is 109 Å². The van der Waals surface area contributed by atoms with Crippen LogP contribution in [0.4, 0.5) is 0 Å². The molecular formula is C76H129NO18. The zero-order valence-electron chi connectivity index (χ0n) is 57.9. The first-order chi connectivity index (χ1) is 46.3. The Morgan fingerprint density at radius 3 is 1.14 bits per heavy atom. The van der Waals surface area contributed by atoms with Gasteiger partial charge in [-0.3, -0.25) is 4.79 Å². The van der Waals surface area contributed by atoms with Crippen molar-refractivity contribution in [2.45, 2.75) is 336 Å². The summed E-state index contributed by atoms with van der Waals surface area (Å²) in [6, 6.07) is -0.980. The van der Waals surface area contributed by atoms with Crippen LogP contribution in [-0.2, 0) is 33.2 Å². The quantitative estimate of drug-likeness (QED) is 0.0199. The lowest BCUT2D eigenvalue weighted by Gasteiger charge is -2.48. The maximum atomic E-state index is 13.4. The van der Waals surface area contributed by atoms with Crippen molar-refractivity contribution in [1.82, 2.24) is 5.32 Å². The minimum atomic E-state index is -1.98. The molecule has 17 unspecified atom stereocenters. The minimum absolute atomic E-state index is 0.235. The lowest BCUT2D eigenvalue weighted by atomic mass is 9.96. The number of allylic oxidation sites excluding steroid dienone is 17. The molecule has 0 bridgehead atoms. The Bertz CT molecular complexity index is 2140. The second kappa shape index (κ2) is 56.2. The number of hydrogen-bond donors (Lipinski definition) is 12. The van der Waals surface area contributed by atoms with Crippen molar-refractivity contribution >= 4 is 5.91 Å².